The van der Waals surface area contributed by atoms with E-state index in [2.05, 4.69) is 12.5 Å². The van der Waals surface area contributed by atoms with Crippen molar-refractivity contribution in [3.8, 4) is 0 Å². The van der Waals surface area contributed by atoms with Gasteiger partial charge in [-0.15, -0.1) is 0 Å². The zero-order valence-corrected chi connectivity index (χ0v) is 9.46. The van der Waals surface area contributed by atoms with Gasteiger partial charge >= 0.3 is 0 Å². The number of ether oxygens (including phenoxy) is 2. The summed E-state index contributed by atoms with van der Waals surface area (Å²) in [4.78, 5) is 0. The van der Waals surface area contributed by atoms with Gasteiger partial charge in [-0.3, -0.25) is 0 Å². The normalized spacial score (nSPS) is 20.0. The number of hydrogen-bond acceptors (Lipinski definition) is 2. The molecule has 81 valence electrons. The Bertz CT molecular complexity index is 338. The lowest BCUT2D eigenvalue weighted by Crippen LogP contribution is -2.21. The Kier molecular flexibility index (Phi) is 3.62. The van der Waals surface area contributed by atoms with Crippen LogP contribution in [0.4, 0.5) is 0 Å². The van der Waals surface area contributed by atoms with Crippen LogP contribution in [-0.2, 0) is 15.9 Å². The molecular weight excluding hydrogens is 212 g/mol. The Hall–Kier alpha value is -0.570. The van der Waals surface area contributed by atoms with Crippen molar-refractivity contribution >= 4 is 11.6 Å². The summed E-state index contributed by atoms with van der Waals surface area (Å²) in [5.41, 5.74) is 2.42. The van der Waals surface area contributed by atoms with Gasteiger partial charge in [-0.25, -0.2) is 0 Å². The zero-order chi connectivity index (χ0) is 10.7. The molecule has 0 amide bonds. The molecule has 0 N–H and O–H groups in total. The van der Waals surface area contributed by atoms with Gasteiger partial charge in [0.25, 0.3) is 0 Å². The molecule has 0 aromatic heterocycles. The molecule has 0 saturated carbocycles. The SMILES string of the molecule is COCO[C@@H]1[CH]c2c(Cl)cccc2CC1. The first-order chi connectivity index (χ1) is 7.31. The first-order valence-electron chi connectivity index (χ1n) is 5.04. The lowest BCUT2D eigenvalue weighted by atomic mass is 9.90. The van der Waals surface area contributed by atoms with Crippen LogP contribution in [0.3, 0.4) is 0 Å². The molecule has 1 atom stereocenters. The van der Waals surface area contributed by atoms with Crippen molar-refractivity contribution in [2.75, 3.05) is 13.9 Å². The second-order valence-corrected chi connectivity index (χ2v) is 4.04. The van der Waals surface area contributed by atoms with E-state index in [0.29, 0.717) is 6.79 Å². The fraction of sp³-hybridized carbons (Fsp3) is 0.417. The highest BCUT2D eigenvalue weighted by Crippen LogP contribution is 2.30. The highest BCUT2D eigenvalue weighted by Gasteiger charge is 2.21. The van der Waals surface area contributed by atoms with E-state index in [1.54, 1.807) is 7.11 Å². The Balaban J connectivity index is 2.08. The quantitative estimate of drug-likeness (QED) is 0.737. The Morgan fingerprint density at radius 2 is 2.33 bits per heavy atom. The minimum atomic E-state index is 0.123. The predicted octanol–water partition coefficient (Wildman–Crippen LogP) is 2.83. The average Bonchev–Trinajstić information content (AvgIpc) is 2.27. The van der Waals surface area contributed by atoms with E-state index in [9.17, 15) is 0 Å². The molecule has 2 nitrogen and oxygen atoms in total. The van der Waals surface area contributed by atoms with Gasteiger partial charge in [0.1, 0.15) is 6.79 Å². The first kappa shape index (κ1) is 10.9. The maximum atomic E-state index is 6.12. The fourth-order valence-electron chi connectivity index (χ4n) is 1.84. The van der Waals surface area contributed by atoms with Crippen LogP contribution in [0.25, 0.3) is 0 Å². The predicted molar refractivity (Wildman–Crippen MR) is 59.9 cm³/mol. The van der Waals surface area contributed by atoms with E-state index < -0.39 is 0 Å². The third-order valence-corrected chi connectivity index (χ3v) is 2.92. The first-order valence-corrected chi connectivity index (χ1v) is 5.42. The number of fused-ring (bicyclic) bond motifs is 1. The molecule has 2 rings (SSSR count). The van der Waals surface area contributed by atoms with Crippen molar-refractivity contribution in [3.05, 3.63) is 40.8 Å². The van der Waals surface area contributed by atoms with Crippen LogP contribution >= 0.6 is 11.6 Å². The van der Waals surface area contributed by atoms with Gasteiger partial charge in [-0.2, -0.15) is 0 Å². The molecule has 0 heterocycles. The molecule has 0 saturated heterocycles. The van der Waals surface area contributed by atoms with Crippen LogP contribution in [0, 0.1) is 6.42 Å². The maximum absolute atomic E-state index is 6.12. The molecule has 15 heavy (non-hydrogen) atoms. The van der Waals surface area contributed by atoms with Gasteiger partial charge in [-0.1, -0.05) is 23.7 Å². The average molecular weight is 226 g/mol. The van der Waals surface area contributed by atoms with Crippen molar-refractivity contribution in [2.24, 2.45) is 0 Å². The second-order valence-electron chi connectivity index (χ2n) is 3.63. The number of hydrogen-bond donors (Lipinski definition) is 0. The fourth-order valence-corrected chi connectivity index (χ4v) is 2.10. The van der Waals surface area contributed by atoms with Crippen LogP contribution in [-0.4, -0.2) is 20.0 Å². The summed E-state index contributed by atoms with van der Waals surface area (Å²) >= 11 is 6.12. The summed E-state index contributed by atoms with van der Waals surface area (Å²) in [6.45, 7) is 0.334. The lowest BCUT2D eigenvalue weighted by Gasteiger charge is -2.24. The third kappa shape index (κ3) is 2.51. The van der Waals surface area contributed by atoms with Crippen LogP contribution in [0.15, 0.2) is 18.2 Å². The van der Waals surface area contributed by atoms with Crippen molar-refractivity contribution in [3.63, 3.8) is 0 Å². The monoisotopic (exact) mass is 225 g/mol. The van der Waals surface area contributed by atoms with Crippen molar-refractivity contribution < 1.29 is 9.47 Å². The van der Waals surface area contributed by atoms with Gasteiger partial charge in [0.05, 0.1) is 6.10 Å². The standard InChI is InChI=1S/C12H14ClO2/c1-14-8-15-10-6-5-9-3-2-4-12(13)11(9)7-10/h2-4,7,10H,5-6,8H2,1H3/t10-/m0/s1. The number of benzene rings is 1. The van der Waals surface area contributed by atoms with E-state index in [1.165, 1.54) is 5.56 Å². The second kappa shape index (κ2) is 4.97. The smallest absolute Gasteiger partial charge is 0.146 e. The van der Waals surface area contributed by atoms with Crippen molar-refractivity contribution in [1.82, 2.24) is 0 Å². The molecule has 1 aliphatic carbocycles. The Morgan fingerprint density at radius 3 is 3.13 bits per heavy atom. The number of rotatable bonds is 3. The molecule has 0 aliphatic heterocycles. The van der Waals surface area contributed by atoms with E-state index in [4.69, 9.17) is 21.1 Å². The topological polar surface area (TPSA) is 18.5 Å². The molecule has 1 aromatic rings. The molecule has 1 aromatic carbocycles. The van der Waals surface area contributed by atoms with Gasteiger partial charge in [-0.05, 0) is 30.0 Å². The summed E-state index contributed by atoms with van der Waals surface area (Å²) in [7, 11) is 1.63. The number of halogens is 1. The van der Waals surface area contributed by atoms with Gasteiger partial charge in [0, 0.05) is 18.6 Å². The summed E-state index contributed by atoms with van der Waals surface area (Å²) in [6, 6.07) is 6.02. The van der Waals surface area contributed by atoms with Crippen molar-refractivity contribution in [1.29, 1.82) is 0 Å². The van der Waals surface area contributed by atoms with E-state index in [-0.39, 0.29) is 6.10 Å². The zero-order valence-electron chi connectivity index (χ0n) is 8.70. The summed E-state index contributed by atoms with van der Waals surface area (Å²) < 4.78 is 10.4. The van der Waals surface area contributed by atoms with Crippen molar-refractivity contribution in [2.45, 2.75) is 18.9 Å². The Labute approximate surface area is 95.1 Å². The molecule has 3 heteroatoms. The minimum absolute atomic E-state index is 0.123. The Morgan fingerprint density at radius 1 is 1.47 bits per heavy atom. The van der Waals surface area contributed by atoms with Gasteiger partial charge in [0.15, 0.2) is 0 Å². The van der Waals surface area contributed by atoms with Crippen LogP contribution in [0.5, 0.6) is 0 Å². The summed E-state index contributed by atoms with van der Waals surface area (Å²) in [6.07, 6.45) is 4.22. The van der Waals surface area contributed by atoms with E-state index in [1.807, 2.05) is 12.1 Å². The molecule has 0 spiro atoms. The maximum Gasteiger partial charge on any atom is 0.146 e. The van der Waals surface area contributed by atoms with Crippen LogP contribution < -0.4 is 0 Å². The van der Waals surface area contributed by atoms with E-state index >= 15 is 0 Å². The van der Waals surface area contributed by atoms with Crippen LogP contribution in [0.2, 0.25) is 5.02 Å². The summed E-state index contributed by atoms with van der Waals surface area (Å²) in [5, 5.41) is 0.804. The molecule has 1 radical (unpaired) electrons. The largest absolute Gasteiger partial charge is 0.359 e. The molecular formula is C12H14ClO2. The lowest BCUT2D eigenvalue weighted by molar-refractivity contribution is -0.0626. The van der Waals surface area contributed by atoms with E-state index in [0.717, 1.165) is 23.4 Å². The summed E-state index contributed by atoms with van der Waals surface area (Å²) in [5.74, 6) is 0. The highest BCUT2D eigenvalue weighted by molar-refractivity contribution is 6.31. The van der Waals surface area contributed by atoms with Gasteiger partial charge < -0.3 is 9.47 Å². The molecule has 0 fully saturated rings. The van der Waals surface area contributed by atoms with Crippen LogP contribution in [0.1, 0.15) is 17.5 Å². The molecule has 0 unspecified atom stereocenters. The number of aryl methyl sites for hydroxylation is 1. The molecule has 1 aliphatic rings. The number of methoxy groups -OCH3 is 1. The third-order valence-electron chi connectivity index (χ3n) is 2.59. The minimum Gasteiger partial charge on any atom is -0.359 e. The molecule has 0 bridgehead atoms. The van der Waals surface area contributed by atoms with Gasteiger partial charge in [0.2, 0.25) is 0 Å². The highest BCUT2D eigenvalue weighted by atomic mass is 35.5.